The average Bonchev–Trinajstić information content (AvgIpc) is 2.63. The maximum Gasteiger partial charge on any atom is 0.0944 e. The third-order valence-electron chi connectivity index (χ3n) is 3.74. The van der Waals surface area contributed by atoms with Gasteiger partial charge in [-0.1, -0.05) is 6.92 Å². The average molecular weight is 254 g/mol. The van der Waals surface area contributed by atoms with Crippen LogP contribution in [0, 0.1) is 6.92 Å². The van der Waals surface area contributed by atoms with Crippen LogP contribution in [0.15, 0.2) is 5.38 Å². The molecule has 1 aliphatic carbocycles. The maximum absolute atomic E-state index is 5.78. The minimum atomic E-state index is 0.0512. The van der Waals surface area contributed by atoms with Gasteiger partial charge in [-0.25, -0.2) is 4.98 Å². The third kappa shape index (κ3) is 2.69. The number of thiazole rings is 1. The fourth-order valence-electron chi connectivity index (χ4n) is 2.58. The molecule has 1 aromatic rings. The molecule has 0 radical (unpaired) electrons. The lowest BCUT2D eigenvalue weighted by molar-refractivity contribution is -0.0978. The van der Waals surface area contributed by atoms with Crippen molar-refractivity contribution >= 4 is 11.3 Å². The van der Waals surface area contributed by atoms with Gasteiger partial charge in [0.25, 0.3) is 0 Å². The number of ether oxygens (including phenoxy) is 1. The van der Waals surface area contributed by atoms with Gasteiger partial charge in [0, 0.05) is 30.6 Å². The number of rotatable bonds is 6. The monoisotopic (exact) mass is 254 g/mol. The molecule has 2 rings (SSSR count). The normalized spacial score (nSPS) is 19.9. The van der Waals surface area contributed by atoms with Crippen LogP contribution in [0.25, 0.3) is 0 Å². The Bertz CT molecular complexity index is 355. The molecule has 1 atom stereocenters. The Morgan fingerprint density at radius 3 is 2.76 bits per heavy atom. The largest absolute Gasteiger partial charge is 0.377 e. The van der Waals surface area contributed by atoms with Crippen molar-refractivity contribution in [2.24, 2.45) is 0 Å². The second kappa shape index (κ2) is 5.46. The molecule has 0 bridgehead atoms. The maximum atomic E-state index is 5.78. The minimum absolute atomic E-state index is 0.0512. The Labute approximate surface area is 108 Å². The van der Waals surface area contributed by atoms with E-state index in [0.29, 0.717) is 6.04 Å². The number of hydrogen-bond donors (Lipinski definition) is 1. The second-order valence-electron chi connectivity index (χ2n) is 4.82. The minimum Gasteiger partial charge on any atom is -0.377 e. The van der Waals surface area contributed by atoms with Gasteiger partial charge in [0.1, 0.15) is 0 Å². The summed E-state index contributed by atoms with van der Waals surface area (Å²) in [6.07, 6.45) is 4.61. The van der Waals surface area contributed by atoms with Gasteiger partial charge < -0.3 is 10.1 Å². The van der Waals surface area contributed by atoms with Crippen LogP contribution in [0.3, 0.4) is 0 Å². The zero-order valence-electron chi connectivity index (χ0n) is 11.0. The standard InChI is InChI=1S/C13H22N2OS/c1-4-14-11(13(16-3)6-5-7-13)8-12-15-10(2)9-17-12/h9,11,14H,4-8H2,1-3H3. The van der Waals surface area contributed by atoms with Crippen molar-refractivity contribution in [1.82, 2.24) is 10.3 Å². The molecule has 1 fully saturated rings. The molecule has 4 heteroatoms. The Morgan fingerprint density at radius 1 is 1.59 bits per heavy atom. The number of nitrogens with zero attached hydrogens (tertiary/aromatic N) is 1. The van der Waals surface area contributed by atoms with E-state index in [1.807, 2.05) is 7.11 Å². The predicted octanol–water partition coefficient (Wildman–Crippen LogP) is 2.54. The first kappa shape index (κ1) is 13.0. The van der Waals surface area contributed by atoms with Crippen LogP contribution in [0.4, 0.5) is 0 Å². The fourth-order valence-corrected chi connectivity index (χ4v) is 3.40. The van der Waals surface area contributed by atoms with E-state index in [4.69, 9.17) is 4.74 Å². The van der Waals surface area contributed by atoms with Crippen LogP contribution in [-0.4, -0.2) is 30.3 Å². The molecule has 1 unspecified atom stereocenters. The van der Waals surface area contributed by atoms with Crippen LogP contribution < -0.4 is 5.32 Å². The molecule has 1 aromatic heterocycles. The van der Waals surface area contributed by atoms with Crippen molar-refractivity contribution in [2.45, 2.75) is 51.2 Å². The molecule has 1 heterocycles. The number of hydrogen-bond acceptors (Lipinski definition) is 4. The summed E-state index contributed by atoms with van der Waals surface area (Å²) >= 11 is 1.76. The number of likely N-dealkylation sites (N-methyl/N-ethyl adjacent to an activating group) is 1. The summed E-state index contributed by atoms with van der Waals surface area (Å²) < 4.78 is 5.78. The molecule has 1 N–H and O–H groups in total. The first-order chi connectivity index (χ1) is 8.20. The number of aromatic nitrogens is 1. The van der Waals surface area contributed by atoms with E-state index in [1.165, 1.54) is 24.3 Å². The molecule has 0 amide bonds. The molecule has 0 saturated heterocycles. The topological polar surface area (TPSA) is 34.2 Å². The molecule has 0 aliphatic heterocycles. The molecule has 0 aromatic carbocycles. The van der Waals surface area contributed by atoms with E-state index in [0.717, 1.165) is 18.7 Å². The van der Waals surface area contributed by atoms with E-state index in [1.54, 1.807) is 11.3 Å². The Morgan fingerprint density at radius 2 is 2.35 bits per heavy atom. The van der Waals surface area contributed by atoms with Crippen LogP contribution in [0.5, 0.6) is 0 Å². The summed E-state index contributed by atoms with van der Waals surface area (Å²) in [7, 11) is 1.84. The molecular weight excluding hydrogens is 232 g/mol. The SMILES string of the molecule is CCNC(Cc1nc(C)cs1)C1(OC)CCC1. The highest BCUT2D eigenvalue weighted by Gasteiger charge is 2.44. The van der Waals surface area contributed by atoms with Crippen LogP contribution >= 0.6 is 11.3 Å². The number of methoxy groups -OCH3 is 1. The van der Waals surface area contributed by atoms with Gasteiger partial charge in [0.2, 0.25) is 0 Å². The first-order valence-corrected chi connectivity index (χ1v) is 7.27. The molecule has 1 saturated carbocycles. The van der Waals surface area contributed by atoms with Crippen LogP contribution in [0.2, 0.25) is 0 Å². The number of aryl methyl sites for hydroxylation is 1. The highest BCUT2D eigenvalue weighted by Crippen LogP contribution is 2.39. The Balaban J connectivity index is 2.06. The second-order valence-corrected chi connectivity index (χ2v) is 5.76. The third-order valence-corrected chi connectivity index (χ3v) is 4.73. The highest BCUT2D eigenvalue weighted by atomic mass is 32.1. The lowest BCUT2D eigenvalue weighted by Gasteiger charge is -2.46. The van der Waals surface area contributed by atoms with Gasteiger partial charge in [-0.15, -0.1) is 11.3 Å². The summed E-state index contributed by atoms with van der Waals surface area (Å²) in [5.41, 5.74) is 1.18. The van der Waals surface area contributed by atoms with Crippen molar-refractivity contribution in [1.29, 1.82) is 0 Å². The molecule has 1 aliphatic rings. The van der Waals surface area contributed by atoms with E-state index in [2.05, 4.69) is 29.5 Å². The smallest absolute Gasteiger partial charge is 0.0944 e. The predicted molar refractivity (Wildman–Crippen MR) is 71.6 cm³/mol. The molecule has 3 nitrogen and oxygen atoms in total. The zero-order chi connectivity index (χ0) is 12.3. The quantitative estimate of drug-likeness (QED) is 0.847. The fraction of sp³-hybridized carbons (Fsp3) is 0.769. The summed E-state index contributed by atoms with van der Waals surface area (Å²) in [6, 6.07) is 0.400. The summed E-state index contributed by atoms with van der Waals surface area (Å²) in [5, 5.41) is 6.92. The summed E-state index contributed by atoms with van der Waals surface area (Å²) in [5.74, 6) is 0. The van der Waals surface area contributed by atoms with E-state index in [-0.39, 0.29) is 5.60 Å². The Hall–Kier alpha value is -0.450. The van der Waals surface area contributed by atoms with Gasteiger partial charge in [0.15, 0.2) is 0 Å². The van der Waals surface area contributed by atoms with E-state index in [9.17, 15) is 0 Å². The van der Waals surface area contributed by atoms with Gasteiger partial charge in [-0.3, -0.25) is 0 Å². The van der Waals surface area contributed by atoms with Crippen molar-refractivity contribution in [2.75, 3.05) is 13.7 Å². The van der Waals surface area contributed by atoms with Crippen molar-refractivity contribution < 1.29 is 4.74 Å². The first-order valence-electron chi connectivity index (χ1n) is 6.40. The van der Waals surface area contributed by atoms with E-state index >= 15 is 0 Å². The van der Waals surface area contributed by atoms with E-state index < -0.39 is 0 Å². The lowest BCUT2D eigenvalue weighted by atomic mass is 9.73. The summed E-state index contributed by atoms with van der Waals surface area (Å²) in [6.45, 7) is 5.19. The molecule has 96 valence electrons. The van der Waals surface area contributed by atoms with Crippen molar-refractivity contribution in [3.63, 3.8) is 0 Å². The van der Waals surface area contributed by atoms with Crippen molar-refractivity contribution in [3.05, 3.63) is 16.1 Å². The zero-order valence-corrected chi connectivity index (χ0v) is 11.8. The van der Waals surface area contributed by atoms with Gasteiger partial charge >= 0.3 is 0 Å². The van der Waals surface area contributed by atoms with Crippen LogP contribution in [-0.2, 0) is 11.2 Å². The van der Waals surface area contributed by atoms with Gasteiger partial charge in [-0.2, -0.15) is 0 Å². The summed E-state index contributed by atoms with van der Waals surface area (Å²) in [4.78, 5) is 4.56. The van der Waals surface area contributed by atoms with Crippen LogP contribution in [0.1, 0.15) is 36.9 Å². The number of nitrogens with one attached hydrogen (secondary N) is 1. The van der Waals surface area contributed by atoms with Crippen molar-refractivity contribution in [3.8, 4) is 0 Å². The molecule has 17 heavy (non-hydrogen) atoms. The molecular formula is C13H22N2OS. The highest BCUT2D eigenvalue weighted by molar-refractivity contribution is 7.09. The Kier molecular flexibility index (Phi) is 4.17. The molecule has 0 spiro atoms. The van der Waals surface area contributed by atoms with Gasteiger partial charge in [-0.05, 0) is 32.7 Å². The van der Waals surface area contributed by atoms with Gasteiger partial charge in [0.05, 0.1) is 10.6 Å². The lowest BCUT2D eigenvalue weighted by Crippen LogP contribution is -2.57.